The Hall–Kier alpha value is -2.61. The number of pyridine rings is 1. The van der Waals surface area contributed by atoms with E-state index in [9.17, 15) is 14.4 Å². The average molecular weight is 373 g/mol. The zero-order valence-electron chi connectivity index (χ0n) is 14.5. The van der Waals surface area contributed by atoms with E-state index >= 15 is 0 Å². The summed E-state index contributed by atoms with van der Waals surface area (Å²) >= 11 is 1.60. The molecule has 7 nitrogen and oxygen atoms in total. The van der Waals surface area contributed by atoms with Crippen molar-refractivity contribution in [3.63, 3.8) is 0 Å². The molecule has 136 valence electrons. The predicted octanol–water partition coefficient (Wildman–Crippen LogP) is 2.46. The number of aromatic nitrogens is 1. The van der Waals surface area contributed by atoms with Gasteiger partial charge in [0.2, 0.25) is 0 Å². The number of carbonyl (C=O) groups excluding carboxylic acids is 3. The molecule has 1 unspecified atom stereocenters. The number of β-lactam (4-membered cyclic amide) rings is 1. The van der Waals surface area contributed by atoms with Crippen LogP contribution in [0.4, 0.5) is 10.5 Å². The number of hydrogen-bond acceptors (Lipinski definition) is 6. The van der Waals surface area contributed by atoms with Gasteiger partial charge in [0.05, 0.1) is 23.2 Å². The number of nitrogens with zero attached hydrogens (tertiary/aromatic N) is 2. The number of carbonyl (C=O) groups is 3. The highest BCUT2D eigenvalue weighted by Crippen LogP contribution is 2.52. The number of ether oxygens (including phenoxy) is 1. The summed E-state index contributed by atoms with van der Waals surface area (Å²) in [4.78, 5) is 41.1. The molecule has 2 aliphatic heterocycles. The normalized spacial score (nSPS) is 24.6. The Morgan fingerprint density at radius 1 is 1.50 bits per heavy atom. The van der Waals surface area contributed by atoms with Crippen LogP contribution in [0.15, 0.2) is 36.6 Å². The number of anilines is 1. The van der Waals surface area contributed by atoms with Crippen molar-refractivity contribution in [1.82, 2.24) is 9.88 Å². The molecule has 1 N–H and O–H groups in total. The summed E-state index contributed by atoms with van der Waals surface area (Å²) in [6.07, 6.45) is 4.93. The van der Waals surface area contributed by atoms with Crippen molar-refractivity contribution >= 4 is 41.8 Å². The molecule has 0 radical (unpaired) electrons. The molecule has 2 fully saturated rings. The standard InChI is InChI=1S/C18H19N3O4S/c1-4-7-25-17(24)20-12-6-5-11(19-9-12)8-13-15(23)21-14(10-22)18(2,3)26-16(13)21/h4-6,8-10,14,16H,1,7H2,2-3H3,(H,20,24)/b13-8-/t14-,16?/m0/s1. The van der Waals surface area contributed by atoms with E-state index in [1.165, 1.54) is 12.3 Å². The second-order valence-electron chi connectivity index (χ2n) is 6.45. The number of nitrogens with one attached hydrogen (secondary N) is 1. The molecule has 0 aromatic carbocycles. The summed E-state index contributed by atoms with van der Waals surface area (Å²) in [7, 11) is 0. The fourth-order valence-corrected chi connectivity index (χ4v) is 4.42. The number of aldehydes is 1. The third kappa shape index (κ3) is 3.24. The maximum absolute atomic E-state index is 12.4. The van der Waals surface area contributed by atoms with E-state index in [-0.39, 0.29) is 22.6 Å². The molecule has 0 bridgehead atoms. The second kappa shape index (κ2) is 6.95. The molecular formula is C18H19N3O4S. The molecule has 0 saturated carbocycles. The van der Waals surface area contributed by atoms with E-state index < -0.39 is 12.1 Å². The van der Waals surface area contributed by atoms with E-state index in [4.69, 9.17) is 4.74 Å². The van der Waals surface area contributed by atoms with Crippen molar-refractivity contribution in [2.24, 2.45) is 0 Å². The third-order valence-electron chi connectivity index (χ3n) is 4.22. The van der Waals surface area contributed by atoms with E-state index in [1.54, 1.807) is 34.9 Å². The van der Waals surface area contributed by atoms with Crippen molar-refractivity contribution in [2.45, 2.75) is 30.0 Å². The smallest absolute Gasteiger partial charge is 0.411 e. The van der Waals surface area contributed by atoms with E-state index in [1.807, 2.05) is 13.8 Å². The summed E-state index contributed by atoms with van der Waals surface area (Å²) < 4.78 is 4.51. The Morgan fingerprint density at radius 3 is 2.88 bits per heavy atom. The molecule has 2 aliphatic rings. The first-order chi connectivity index (χ1) is 12.4. The summed E-state index contributed by atoms with van der Waals surface area (Å²) in [6, 6.07) is 2.96. The molecule has 0 spiro atoms. The Labute approximate surface area is 155 Å². The molecular weight excluding hydrogens is 354 g/mol. The fourth-order valence-electron chi connectivity index (χ4n) is 2.90. The van der Waals surface area contributed by atoms with Crippen LogP contribution in [-0.4, -0.2) is 50.9 Å². The number of amides is 2. The maximum Gasteiger partial charge on any atom is 0.411 e. The van der Waals surface area contributed by atoms with Gasteiger partial charge in [0.15, 0.2) is 0 Å². The van der Waals surface area contributed by atoms with Gasteiger partial charge in [-0.1, -0.05) is 12.7 Å². The topological polar surface area (TPSA) is 88.6 Å². The van der Waals surface area contributed by atoms with E-state index in [2.05, 4.69) is 16.9 Å². The van der Waals surface area contributed by atoms with E-state index in [0.29, 0.717) is 17.0 Å². The Morgan fingerprint density at radius 2 is 2.27 bits per heavy atom. The van der Waals surface area contributed by atoms with Crippen LogP contribution in [0.25, 0.3) is 6.08 Å². The van der Waals surface area contributed by atoms with Gasteiger partial charge in [0, 0.05) is 4.75 Å². The third-order valence-corrected chi connectivity index (χ3v) is 5.78. The number of thioether (sulfide) groups is 1. The molecule has 2 amide bonds. The van der Waals surface area contributed by atoms with Gasteiger partial charge in [-0.2, -0.15) is 0 Å². The second-order valence-corrected chi connectivity index (χ2v) is 8.18. The predicted molar refractivity (Wildman–Crippen MR) is 99.5 cm³/mol. The molecule has 2 atom stereocenters. The molecule has 3 heterocycles. The molecule has 1 aromatic heterocycles. The lowest BCUT2D eigenvalue weighted by Crippen LogP contribution is -2.56. The number of fused-ring (bicyclic) bond motifs is 1. The molecule has 1 aromatic rings. The van der Waals surface area contributed by atoms with E-state index in [0.717, 1.165) is 6.29 Å². The highest BCUT2D eigenvalue weighted by atomic mass is 32.2. The SMILES string of the molecule is C=CCOC(=O)Nc1ccc(/C=C2/C(=O)N3C2SC(C)(C)[C@@H]3C=O)nc1. The lowest BCUT2D eigenvalue weighted by molar-refractivity contribution is -0.139. The van der Waals surface area contributed by atoms with Gasteiger partial charge in [0.25, 0.3) is 5.91 Å². The van der Waals surface area contributed by atoms with Gasteiger partial charge in [-0.05, 0) is 32.1 Å². The molecule has 8 heteroatoms. The monoisotopic (exact) mass is 373 g/mol. The molecule has 0 aliphatic carbocycles. The number of rotatable bonds is 5. The van der Waals surface area contributed by atoms with Gasteiger partial charge in [-0.25, -0.2) is 4.79 Å². The largest absolute Gasteiger partial charge is 0.445 e. The Kier molecular flexibility index (Phi) is 4.86. The average Bonchev–Trinajstić information content (AvgIpc) is 2.86. The minimum Gasteiger partial charge on any atom is -0.445 e. The van der Waals surface area contributed by atoms with Crippen LogP contribution >= 0.6 is 11.8 Å². The summed E-state index contributed by atoms with van der Waals surface area (Å²) in [5, 5.41) is 2.42. The van der Waals surface area contributed by atoms with Gasteiger partial charge in [-0.15, -0.1) is 11.8 Å². The quantitative estimate of drug-likeness (QED) is 0.369. The summed E-state index contributed by atoms with van der Waals surface area (Å²) in [5.74, 6) is -0.137. The van der Waals surface area contributed by atoms with Crippen molar-refractivity contribution in [3.8, 4) is 0 Å². The molecule has 2 saturated heterocycles. The maximum atomic E-state index is 12.4. The Balaban J connectivity index is 1.70. The van der Waals surface area contributed by atoms with Crippen LogP contribution in [0.2, 0.25) is 0 Å². The summed E-state index contributed by atoms with van der Waals surface area (Å²) in [5.41, 5.74) is 1.72. The van der Waals surface area contributed by atoms with Gasteiger partial charge in [0.1, 0.15) is 24.3 Å². The van der Waals surface area contributed by atoms with Crippen molar-refractivity contribution < 1.29 is 19.1 Å². The van der Waals surface area contributed by atoms with Crippen molar-refractivity contribution in [1.29, 1.82) is 0 Å². The first-order valence-corrected chi connectivity index (χ1v) is 8.93. The number of hydrogen-bond donors (Lipinski definition) is 1. The van der Waals surface area contributed by atoms with Crippen LogP contribution in [0.1, 0.15) is 19.5 Å². The zero-order chi connectivity index (χ0) is 18.9. The van der Waals surface area contributed by atoms with Crippen molar-refractivity contribution in [2.75, 3.05) is 11.9 Å². The van der Waals surface area contributed by atoms with Gasteiger partial charge < -0.3 is 14.4 Å². The first kappa shape index (κ1) is 18.2. The lowest BCUT2D eigenvalue weighted by Gasteiger charge is -2.38. The Bertz CT molecular complexity index is 788. The minimum atomic E-state index is -0.591. The molecule has 26 heavy (non-hydrogen) atoms. The van der Waals surface area contributed by atoms with Gasteiger partial charge in [-0.3, -0.25) is 15.1 Å². The summed E-state index contributed by atoms with van der Waals surface area (Å²) in [6.45, 7) is 7.51. The highest BCUT2D eigenvalue weighted by molar-refractivity contribution is 8.01. The zero-order valence-corrected chi connectivity index (χ0v) is 15.3. The minimum absolute atomic E-state index is 0.124. The highest BCUT2D eigenvalue weighted by Gasteiger charge is 2.58. The fraction of sp³-hybridized carbons (Fsp3) is 0.333. The molecule has 3 rings (SSSR count). The first-order valence-electron chi connectivity index (χ1n) is 8.05. The van der Waals surface area contributed by atoms with Crippen LogP contribution in [0.3, 0.4) is 0 Å². The lowest BCUT2D eigenvalue weighted by atomic mass is 9.96. The van der Waals surface area contributed by atoms with Crippen LogP contribution in [0.5, 0.6) is 0 Å². The van der Waals surface area contributed by atoms with Gasteiger partial charge >= 0.3 is 6.09 Å². The van der Waals surface area contributed by atoms with Crippen LogP contribution < -0.4 is 5.32 Å². The van der Waals surface area contributed by atoms with Crippen LogP contribution in [0, 0.1) is 0 Å². The van der Waals surface area contributed by atoms with Crippen molar-refractivity contribution in [3.05, 3.63) is 42.3 Å². The van der Waals surface area contributed by atoms with Crippen LogP contribution in [-0.2, 0) is 14.3 Å².